The van der Waals surface area contributed by atoms with Crippen molar-refractivity contribution in [1.82, 2.24) is 4.57 Å². The van der Waals surface area contributed by atoms with E-state index in [0.717, 1.165) is 29.2 Å². The van der Waals surface area contributed by atoms with Crippen LogP contribution in [0.1, 0.15) is 12.5 Å². The monoisotopic (exact) mass is 389 g/mol. The van der Waals surface area contributed by atoms with Gasteiger partial charge in [0, 0.05) is 45.9 Å². The fourth-order valence-electron chi connectivity index (χ4n) is 3.96. The lowest BCUT2D eigenvalue weighted by Crippen LogP contribution is -1.92. The van der Waals surface area contributed by atoms with Crippen molar-refractivity contribution < 1.29 is 0 Å². The van der Waals surface area contributed by atoms with E-state index in [4.69, 9.17) is 0 Å². The molecule has 5 aromatic rings. The van der Waals surface area contributed by atoms with E-state index in [0.29, 0.717) is 0 Å². The van der Waals surface area contributed by atoms with Crippen molar-refractivity contribution in [1.29, 1.82) is 0 Å². The summed E-state index contributed by atoms with van der Waals surface area (Å²) in [5.74, 6) is 0. The summed E-state index contributed by atoms with van der Waals surface area (Å²) >= 11 is 0. The first-order valence-electron chi connectivity index (χ1n) is 10.3. The highest BCUT2D eigenvalue weighted by Gasteiger charge is 2.09. The number of hydrogen-bond donors (Lipinski definition) is 1. The molecule has 0 fully saturated rings. The van der Waals surface area contributed by atoms with Gasteiger partial charge in [0.1, 0.15) is 0 Å². The maximum absolute atomic E-state index is 4.68. The van der Waals surface area contributed by atoms with E-state index in [1.807, 2.05) is 36.5 Å². The molecule has 1 N–H and O–H groups in total. The van der Waals surface area contributed by atoms with Gasteiger partial charge in [0.25, 0.3) is 0 Å². The predicted molar refractivity (Wildman–Crippen MR) is 129 cm³/mol. The molecule has 1 heterocycles. The van der Waals surface area contributed by atoms with Gasteiger partial charge in [-0.1, -0.05) is 42.5 Å². The molecule has 0 atom stereocenters. The van der Waals surface area contributed by atoms with Gasteiger partial charge in [-0.05, 0) is 67.1 Å². The number of anilines is 2. The van der Waals surface area contributed by atoms with Crippen LogP contribution < -0.4 is 5.32 Å². The first-order valence-corrected chi connectivity index (χ1v) is 10.3. The lowest BCUT2D eigenvalue weighted by molar-refractivity contribution is 0.827. The second kappa shape index (κ2) is 7.88. The van der Waals surface area contributed by atoms with Crippen LogP contribution in [0.2, 0.25) is 0 Å². The highest BCUT2D eigenvalue weighted by molar-refractivity contribution is 6.09. The van der Waals surface area contributed by atoms with Gasteiger partial charge in [-0.3, -0.25) is 4.99 Å². The topological polar surface area (TPSA) is 29.3 Å². The van der Waals surface area contributed by atoms with Crippen molar-refractivity contribution in [3.05, 3.63) is 103 Å². The number of nitrogens with one attached hydrogen (secondary N) is 1. The smallest absolute Gasteiger partial charge is 0.0631 e. The standard InChI is InChI=1S/C27H23N3/c1-2-30-26-11-7-6-10-24(26)25-18-20(12-17-27(25)30)19-28-21-13-15-23(16-14-21)29-22-8-4-3-5-9-22/h3-19,29H,2H2,1H3. The molecule has 0 bridgehead atoms. The third-order valence-corrected chi connectivity index (χ3v) is 5.41. The minimum Gasteiger partial charge on any atom is -0.356 e. The normalized spacial score (nSPS) is 11.5. The summed E-state index contributed by atoms with van der Waals surface area (Å²) in [6, 6.07) is 33.5. The number of aromatic nitrogens is 1. The lowest BCUT2D eigenvalue weighted by Gasteiger charge is -2.06. The maximum Gasteiger partial charge on any atom is 0.0631 e. The SMILES string of the molecule is CCn1c2ccccc2c2cc(C=Nc3ccc(Nc4ccccc4)cc3)ccc21. The number of fused-ring (bicyclic) bond motifs is 3. The van der Waals surface area contributed by atoms with E-state index in [1.165, 1.54) is 21.8 Å². The average molecular weight is 390 g/mol. The van der Waals surface area contributed by atoms with Gasteiger partial charge in [-0.2, -0.15) is 0 Å². The van der Waals surface area contributed by atoms with Crippen LogP contribution in [0.5, 0.6) is 0 Å². The van der Waals surface area contributed by atoms with Crippen molar-refractivity contribution in [2.24, 2.45) is 4.99 Å². The Kier molecular flexibility index (Phi) is 4.78. The van der Waals surface area contributed by atoms with Gasteiger partial charge in [-0.25, -0.2) is 0 Å². The zero-order valence-electron chi connectivity index (χ0n) is 16.9. The number of rotatable bonds is 5. The van der Waals surface area contributed by atoms with Crippen LogP contribution in [0.4, 0.5) is 17.1 Å². The van der Waals surface area contributed by atoms with Gasteiger partial charge in [-0.15, -0.1) is 0 Å². The maximum atomic E-state index is 4.68. The summed E-state index contributed by atoms with van der Waals surface area (Å²) in [6.45, 7) is 3.15. The van der Waals surface area contributed by atoms with Crippen LogP contribution in [0.3, 0.4) is 0 Å². The molecular weight excluding hydrogens is 366 g/mol. The van der Waals surface area contributed by atoms with Crippen molar-refractivity contribution in [2.45, 2.75) is 13.5 Å². The molecule has 3 nitrogen and oxygen atoms in total. The third-order valence-electron chi connectivity index (χ3n) is 5.41. The average Bonchev–Trinajstić information content (AvgIpc) is 3.12. The summed E-state index contributed by atoms with van der Waals surface area (Å²) in [6.07, 6.45) is 1.94. The Bertz CT molecular complexity index is 1330. The number of nitrogens with zero attached hydrogens (tertiary/aromatic N) is 2. The Morgan fingerprint density at radius 3 is 2.23 bits per heavy atom. The molecule has 0 spiro atoms. The highest BCUT2D eigenvalue weighted by Crippen LogP contribution is 2.29. The van der Waals surface area contributed by atoms with E-state index < -0.39 is 0 Å². The number of benzene rings is 4. The molecule has 30 heavy (non-hydrogen) atoms. The van der Waals surface area contributed by atoms with E-state index in [9.17, 15) is 0 Å². The van der Waals surface area contributed by atoms with Gasteiger partial charge in [0.05, 0.1) is 5.69 Å². The number of hydrogen-bond acceptors (Lipinski definition) is 2. The zero-order chi connectivity index (χ0) is 20.3. The fourth-order valence-corrected chi connectivity index (χ4v) is 3.96. The second-order valence-electron chi connectivity index (χ2n) is 7.33. The van der Waals surface area contributed by atoms with Crippen LogP contribution in [0, 0.1) is 0 Å². The highest BCUT2D eigenvalue weighted by atomic mass is 15.0. The number of aliphatic imine (C=N–C) groups is 1. The Balaban J connectivity index is 1.40. The van der Waals surface area contributed by atoms with Crippen LogP contribution in [-0.4, -0.2) is 10.8 Å². The molecule has 0 amide bonds. The van der Waals surface area contributed by atoms with Crippen LogP contribution in [0.25, 0.3) is 21.8 Å². The Hall–Kier alpha value is -3.85. The molecule has 0 saturated carbocycles. The predicted octanol–water partition coefficient (Wildman–Crippen LogP) is 7.31. The van der Waals surface area contributed by atoms with Crippen molar-refractivity contribution in [2.75, 3.05) is 5.32 Å². The number of aryl methyl sites for hydroxylation is 1. The first-order chi connectivity index (χ1) is 14.8. The first kappa shape index (κ1) is 18.2. The van der Waals surface area contributed by atoms with Crippen molar-refractivity contribution in [3.63, 3.8) is 0 Å². The van der Waals surface area contributed by atoms with E-state index in [2.05, 4.69) is 88.5 Å². The number of para-hydroxylation sites is 2. The minimum absolute atomic E-state index is 0.935. The quantitative estimate of drug-likeness (QED) is 0.314. The molecule has 0 radical (unpaired) electrons. The summed E-state index contributed by atoms with van der Waals surface area (Å²) in [4.78, 5) is 4.68. The van der Waals surface area contributed by atoms with Gasteiger partial charge in [0.15, 0.2) is 0 Å². The second-order valence-corrected chi connectivity index (χ2v) is 7.33. The molecule has 0 unspecified atom stereocenters. The molecule has 0 aliphatic heterocycles. The molecular formula is C27H23N3. The molecule has 1 aromatic heterocycles. The van der Waals surface area contributed by atoms with Gasteiger partial charge in [0.2, 0.25) is 0 Å². The Morgan fingerprint density at radius 1 is 0.733 bits per heavy atom. The van der Waals surface area contributed by atoms with Gasteiger partial charge >= 0.3 is 0 Å². The van der Waals surface area contributed by atoms with Crippen molar-refractivity contribution >= 4 is 45.1 Å². The summed E-state index contributed by atoms with van der Waals surface area (Å²) < 4.78 is 2.37. The van der Waals surface area contributed by atoms with Gasteiger partial charge < -0.3 is 9.88 Å². The third kappa shape index (κ3) is 3.46. The van der Waals surface area contributed by atoms with Crippen LogP contribution >= 0.6 is 0 Å². The molecule has 3 heteroatoms. The molecule has 5 rings (SSSR count). The molecule has 0 aliphatic rings. The Labute approximate surface area is 176 Å². The summed E-state index contributed by atoms with van der Waals surface area (Å²) in [7, 11) is 0. The van der Waals surface area contributed by atoms with Crippen molar-refractivity contribution in [3.8, 4) is 0 Å². The van der Waals surface area contributed by atoms with E-state index in [1.54, 1.807) is 0 Å². The fraction of sp³-hybridized carbons (Fsp3) is 0.0741. The largest absolute Gasteiger partial charge is 0.356 e. The summed E-state index contributed by atoms with van der Waals surface area (Å²) in [5, 5.41) is 5.96. The molecule has 0 saturated heterocycles. The zero-order valence-corrected chi connectivity index (χ0v) is 16.9. The minimum atomic E-state index is 0.935. The summed E-state index contributed by atoms with van der Waals surface area (Å²) in [5.41, 5.74) is 6.72. The molecule has 0 aliphatic carbocycles. The molecule has 4 aromatic carbocycles. The van der Waals surface area contributed by atoms with Crippen LogP contribution in [0.15, 0.2) is 102 Å². The Morgan fingerprint density at radius 2 is 1.43 bits per heavy atom. The van der Waals surface area contributed by atoms with Crippen LogP contribution in [-0.2, 0) is 6.54 Å². The lowest BCUT2D eigenvalue weighted by atomic mass is 10.1. The van der Waals surface area contributed by atoms with E-state index >= 15 is 0 Å². The van der Waals surface area contributed by atoms with E-state index in [-0.39, 0.29) is 0 Å². The molecule has 146 valence electrons.